The second-order valence-corrected chi connectivity index (χ2v) is 4.17. The minimum absolute atomic E-state index is 0. The van der Waals surface area contributed by atoms with Crippen LogP contribution in [0.3, 0.4) is 0 Å². The fraction of sp³-hybridized carbons (Fsp3) is 0.417. The van der Waals surface area contributed by atoms with E-state index < -0.39 is 5.54 Å². The molecule has 0 saturated carbocycles. The van der Waals surface area contributed by atoms with Crippen molar-refractivity contribution in [3.63, 3.8) is 0 Å². The molecule has 4 nitrogen and oxygen atoms in total. The fourth-order valence-corrected chi connectivity index (χ4v) is 1.49. The van der Waals surface area contributed by atoms with Crippen molar-refractivity contribution in [1.29, 1.82) is 0 Å². The highest BCUT2D eigenvalue weighted by atomic mass is 35.5. The number of aromatic hydroxyl groups is 1. The smallest absolute Gasteiger partial charge is 0.244 e. The van der Waals surface area contributed by atoms with Gasteiger partial charge in [0.25, 0.3) is 0 Å². The Morgan fingerprint density at radius 3 is 2.71 bits per heavy atom. The average molecular weight is 259 g/mol. The van der Waals surface area contributed by atoms with Gasteiger partial charge in [0.15, 0.2) is 0 Å². The Morgan fingerprint density at radius 2 is 2.18 bits per heavy atom. The van der Waals surface area contributed by atoms with Gasteiger partial charge in [-0.2, -0.15) is 0 Å². The van der Waals surface area contributed by atoms with Crippen LogP contribution in [-0.2, 0) is 4.79 Å². The molecule has 0 spiro atoms. The number of nitrogens with two attached hydrogens (primary N) is 1. The molecule has 1 aromatic carbocycles. The van der Waals surface area contributed by atoms with Crippen LogP contribution in [0.1, 0.15) is 26.7 Å². The first kappa shape index (κ1) is 15.7. The Bertz CT molecular complexity index is 381. The van der Waals surface area contributed by atoms with Crippen LogP contribution in [0.5, 0.6) is 5.75 Å². The summed E-state index contributed by atoms with van der Waals surface area (Å²) in [5, 5.41) is 11.9. The van der Waals surface area contributed by atoms with E-state index in [0.717, 1.165) is 6.42 Å². The highest BCUT2D eigenvalue weighted by Gasteiger charge is 2.27. The zero-order valence-electron chi connectivity index (χ0n) is 10.1. The monoisotopic (exact) mass is 258 g/mol. The van der Waals surface area contributed by atoms with Crippen LogP contribution in [0.15, 0.2) is 24.3 Å². The van der Waals surface area contributed by atoms with Crippen LogP contribution >= 0.6 is 12.4 Å². The maximum atomic E-state index is 11.8. The summed E-state index contributed by atoms with van der Waals surface area (Å²) in [5.74, 6) is -0.119. The van der Waals surface area contributed by atoms with Gasteiger partial charge in [-0.05, 0) is 25.5 Å². The van der Waals surface area contributed by atoms with Gasteiger partial charge in [-0.15, -0.1) is 12.4 Å². The molecule has 0 heterocycles. The van der Waals surface area contributed by atoms with Gasteiger partial charge in [0, 0.05) is 11.8 Å². The third kappa shape index (κ3) is 4.63. The Hall–Kier alpha value is -1.26. The number of hydrogen-bond acceptors (Lipinski definition) is 3. The van der Waals surface area contributed by atoms with Gasteiger partial charge in [0.2, 0.25) is 5.91 Å². The molecule has 17 heavy (non-hydrogen) atoms. The van der Waals surface area contributed by atoms with Crippen molar-refractivity contribution in [2.45, 2.75) is 32.2 Å². The number of amides is 1. The highest BCUT2D eigenvalue weighted by Crippen LogP contribution is 2.17. The van der Waals surface area contributed by atoms with Crippen molar-refractivity contribution in [2.75, 3.05) is 5.32 Å². The van der Waals surface area contributed by atoms with Crippen LogP contribution < -0.4 is 11.1 Å². The SMILES string of the molecule is CCCC(C)(N)C(=O)Nc1cccc(O)c1.Cl. The first-order valence-corrected chi connectivity index (χ1v) is 5.35. The normalized spacial score (nSPS) is 13.4. The van der Waals surface area contributed by atoms with E-state index in [-0.39, 0.29) is 24.1 Å². The minimum Gasteiger partial charge on any atom is -0.508 e. The third-order valence-electron chi connectivity index (χ3n) is 2.39. The summed E-state index contributed by atoms with van der Waals surface area (Å²) in [7, 11) is 0. The number of anilines is 1. The second kappa shape index (κ2) is 6.47. The lowest BCUT2D eigenvalue weighted by atomic mass is 9.96. The quantitative estimate of drug-likeness (QED) is 0.776. The van der Waals surface area contributed by atoms with Gasteiger partial charge in [-0.25, -0.2) is 0 Å². The first-order chi connectivity index (χ1) is 7.45. The molecule has 1 unspecified atom stereocenters. The summed E-state index contributed by atoms with van der Waals surface area (Å²) in [6.45, 7) is 3.68. The lowest BCUT2D eigenvalue weighted by Gasteiger charge is -2.22. The van der Waals surface area contributed by atoms with Crippen LogP contribution in [-0.4, -0.2) is 16.6 Å². The maximum absolute atomic E-state index is 11.8. The third-order valence-corrected chi connectivity index (χ3v) is 2.39. The molecule has 1 amide bonds. The Balaban J connectivity index is 0.00000256. The van der Waals surface area contributed by atoms with E-state index in [1.807, 2.05) is 6.92 Å². The zero-order valence-corrected chi connectivity index (χ0v) is 10.9. The topological polar surface area (TPSA) is 75.4 Å². The molecule has 5 heteroatoms. The van der Waals surface area contributed by atoms with Crippen molar-refractivity contribution < 1.29 is 9.90 Å². The number of benzene rings is 1. The maximum Gasteiger partial charge on any atom is 0.244 e. The van der Waals surface area contributed by atoms with Crippen molar-refractivity contribution >= 4 is 24.0 Å². The molecular weight excluding hydrogens is 240 g/mol. The predicted octanol–water partition coefficient (Wildman–Crippen LogP) is 2.27. The van der Waals surface area contributed by atoms with Gasteiger partial charge in [0.1, 0.15) is 5.75 Å². The summed E-state index contributed by atoms with van der Waals surface area (Å²) < 4.78 is 0. The van der Waals surface area contributed by atoms with Gasteiger partial charge >= 0.3 is 0 Å². The van der Waals surface area contributed by atoms with Crippen molar-refractivity contribution in [3.8, 4) is 5.75 Å². The van der Waals surface area contributed by atoms with Crippen molar-refractivity contribution in [2.24, 2.45) is 5.73 Å². The largest absolute Gasteiger partial charge is 0.508 e. The molecule has 0 aliphatic rings. The number of carbonyl (C=O) groups is 1. The lowest BCUT2D eigenvalue weighted by Crippen LogP contribution is -2.48. The molecular formula is C12H19ClN2O2. The number of phenolic OH excluding ortho intramolecular Hbond substituents is 1. The average Bonchev–Trinajstić information content (AvgIpc) is 2.17. The molecule has 0 aliphatic heterocycles. The molecule has 4 N–H and O–H groups in total. The lowest BCUT2D eigenvalue weighted by molar-refractivity contribution is -0.120. The Labute approximate surface area is 108 Å². The van der Waals surface area contributed by atoms with Crippen LogP contribution in [0.2, 0.25) is 0 Å². The highest BCUT2D eigenvalue weighted by molar-refractivity contribution is 5.97. The standard InChI is InChI=1S/C12H18N2O2.ClH/c1-3-7-12(2,13)11(16)14-9-5-4-6-10(15)8-9;/h4-6,8,15H,3,7,13H2,1-2H3,(H,14,16);1H. The molecule has 0 saturated heterocycles. The molecule has 1 atom stereocenters. The van der Waals surface area contributed by atoms with E-state index in [0.29, 0.717) is 12.1 Å². The molecule has 96 valence electrons. The van der Waals surface area contributed by atoms with E-state index in [2.05, 4.69) is 5.32 Å². The summed E-state index contributed by atoms with van der Waals surface area (Å²) >= 11 is 0. The summed E-state index contributed by atoms with van der Waals surface area (Å²) in [4.78, 5) is 11.8. The fourth-order valence-electron chi connectivity index (χ4n) is 1.49. The molecule has 0 fully saturated rings. The number of hydrogen-bond donors (Lipinski definition) is 3. The Kier molecular flexibility index (Phi) is 5.99. The van der Waals surface area contributed by atoms with Crippen molar-refractivity contribution in [1.82, 2.24) is 0 Å². The summed E-state index contributed by atoms with van der Waals surface area (Å²) in [6.07, 6.45) is 1.47. The zero-order chi connectivity index (χ0) is 12.2. The first-order valence-electron chi connectivity index (χ1n) is 5.35. The van der Waals surface area contributed by atoms with Gasteiger partial charge in [-0.3, -0.25) is 4.79 Å². The number of phenols is 1. The molecule has 0 aromatic heterocycles. The van der Waals surface area contributed by atoms with Gasteiger partial charge in [0.05, 0.1) is 5.54 Å². The second-order valence-electron chi connectivity index (χ2n) is 4.17. The van der Waals surface area contributed by atoms with Gasteiger partial charge < -0.3 is 16.2 Å². The summed E-state index contributed by atoms with van der Waals surface area (Å²) in [5.41, 5.74) is 5.56. The molecule has 0 bridgehead atoms. The van der Waals surface area contributed by atoms with E-state index in [1.54, 1.807) is 25.1 Å². The van der Waals surface area contributed by atoms with E-state index in [9.17, 15) is 9.90 Å². The van der Waals surface area contributed by atoms with Crippen LogP contribution in [0.25, 0.3) is 0 Å². The minimum atomic E-state index is -0.875. The van der Waals surface area contributed by atoms with Gasteiger partial charge in [-0.1, -0.05) is 19.4 Å². The van der Waals surface area contributed by atoms with Crippen LogP contribution in [0.4, 0.5) is 5.69 Å². The Morgan fingerprint density at radius 1 is 1.53 bits per heavy atom. The molecule has 1 aromatic rings. The van der Waals surface area contributed by atoms with E-state index in [4.69, 9.17) is 5.73 Å². The summed E-state index contributed by atoms with van der Waals surface area (Å²) in [6, 6.07) is 6.40. The van der Waals surface area contributed by atoms with Crippen molar-refractivity contribution in [3.05, 3.63) is 24.3 Å². The number of halogens is 1. The van der Waals surface area contributed by atoms with Crippen LogP contribution in [0, 0.1) is 0 Å². The number of rotatable bonds is 4. The molecule has 1 rings (SSSR count). The number of carbonyl (C=O) groups excluding carboxylic acids is 1. The predicted molar refractivity (Wildman–Crippen MR) is 71.5 cm³/mol. The number of nitrogens with one attached hydrogen (secondary N) is 1. The van der Waals surface area contributed by atoms with E-state index in [1.165, 1.54) is 6.07 Å². The molecule has 0 radical (unpaired) electrons. The molecule has 0 aliphatic carbocycles. The van der Waals surface area contributed by atoms with E-state index >= 15 is 0 Å².